The normalized spacial score (nSPS) is 44.0. The Labute approximate surface area is 202 Å². The van der Waals surface area contributed by atoms with Gasteiger partial charge in [0.1, 0.15) is 0 Å². The highest BCUT2D eigenvalue weighted by Crippen LogP contribution is 2.58. The molecule has 0 spiro atoms. The molecule has 6 aliphatic rings. The summed E-state index contributed by atoms with van der Waals surface area (Å²) in [5, 5.41) is 0. The molecule has 0 N–H and O–H groups in total. The van der Waals surface area contributed by atoms with E-state index in [-0.39, 0.29) is 0 Å². The molecule has 6 rings (SSSR count). The monoisotopic (exact) mass is 442 g/mol. The van der Waals surface area contributed by atoms with Gasteiger partial charge in [0, 0.05) is 0 Å². The number of rotatable bonds is 0. The molecule has 0 aliphatic heterocycles. The zero-order chi connectivity index (χ0) is 23.5. The Morgan fingerprint density at radius 1 is 0.406 bits per heavy atom. The summed E-state index contributed by atoms with van der Waals surface area (Å²) in [6.45, 7) is 21.7. The van der Waals surface area contributed by atoms with Gasteiger partial charge in [0.15, 0.2) is 0 Å². The van der Waals surface area contributed by atoms with Crippen molar-refractivity contribution in [1.29, 1.82) is 0 Å². The van der Waals surface area contributed by atoms with Gasteiger partial charge in [-0.25, -0.2) is 0 Å². The Balaban J connectivity index is 0.000000115. The lowest BCUT2D eigenvalue weighted by molar-refractivity contribution is 0.161. The van der Waals surface area contributed by atoms with Gasteiger partial charge >= 0.3 is 0 Å². The van der Waals surface area contributed by atoms with E-state index in [2.05, 4.69) is 62.3 Å². The molecule has 0 aromatic heterocycles. The zero-order valence-electron chi connectivity index (χ0n) is 23.5. The third-order valence-corrected chi connectivity index (χ3v) is 11.2. The summed E-state index contributed by atoms with van der Waals surface area (Å²) in [7, 11) is 0. The van der Waals surface area contributed by atoms with Gasteiger partial charge in [0.25, 0.3) is 0 Å². The van der Waals surface area contributed by atoms with E-state index >= 15 is 0 Å². The minimum Gasteiger partial charge on any atom is -0.0599 e. The molecular formula is C32H58. The molecule has 0 radical (unpaired) electrons. The van der Waals surface area contributed by atoms with Crippen molar-refractivity contribution in [3.63, 3.8) is 0 Å². The maximum absolute atomic E-state index is 2.42. The molecule has 0 aromatic carbocycles. The van der Waals surface area contributed by atoms with Crippen LogP contribution in [0.4, 0.5) is 0 Å². The van der Waals surface area contributed by atoms with Crippen LogP contribution in [0.25, 0.3) is 0 Å². The molecule has 6 saturated carbocycles. The smallest absolute Gasteiger partial charge is 0.0309 e. The van der Waals surface area contributed by atoms with Gasteiger partial charge in [0.2, 0.25) is 0 Å². The quantitative estimate of drug-likeness (QED) is 0.350. The van der Waals surface area contributed by atoms with Gasteiger partial charge in [0.05, 0.1) is 0 Å². The van der Waals surface area contributed by atoms with Crippen LogP contribution in [0.1, 0.15) is 133 Å². The molecule has 5 atom stereocenters. The Morgan fingerprint density at radius 2 is 0.906 bits per heavy atom. The van der Waals surface area contributed by atoms with Crippen molar-refractivity contribution in [2.45, 2.75) is 133 Å². The fraction of sp³-hybridized carbons (Fsp3) is 1.00. The molecule has 0 saturated heterocycles. The van der Waals surface area contributed by atoms with Crippen LogP contribution in [-0.2, 0) is 0 Å². The third-order valence-electron chi connectivity index (χ3n) is 11.2. The summed E-state index contributed by atoms with van der Waals surface area (Å²) >= 11 is 0. The highest BCUT2D eigenvalue weighted by atomic mass is 14.5. The summed E-state index contributed by atoms with van der Waals surface area (Å²) < 4.78 is 0. The van der Waals surface area contributed by atoms with Crippen LogP contribution in [0.3, 0.4) is 0 Å². The fourth-order valence-corrected chi connectivity index (χ4v) is 9.39. The number of hydrogen-bond acceptors (Lipinski definition) is 0. The summed E-state index contributed by atoms with van der Waals surface area (Å²) in [6.07, 6.45) is 16.9. The fourth-order valence-electron chi connectivity index (χ4n) is 9.39. The lowest BCUT2D eigenvalue weighted by Crippen LogP contribution is -2.25. The van der Waals surface area contributed by atoms with Gasteiger partial charge in [-0.15, -0.1) is 0 Å². The van der Waals surface area contributed by atoms with Gasteiger partial charge in [-0.3, -0.25) is 0 Å². The molecule has 0 nitrogen and oxygen atoms in total. The highest BCUT2D eigenvalue weighted by molar-refractivity contribution is 4.99. The Hall–Kier alpha value is 0. The van der Waals surface area contributed by atoms with E-state index in [9.17, 15) is 0 Å². The van der Waals surface area contributed by atoms with E-state index in [0.717, 1.165) is 53.3 Å². The standard InChI is InChI=1S/2C11H20.C10H18/c1-11(2,3)10-7-8-4-5-9(10)6-8;1-11(2,3)10-8-4-5-9(10)7-6-8;1-10(2,3)9-5-7-4-8(7)6-9/h2*8-10H,4-7H2,1-3H3;7-9H,4-6H2,1-3H3. The second-order valence-corrected chi connectivity index (χ2v) is 16.5. The summed E-state index contributed by atoms with van der Waals surface area (Å²) in [5.74, 6) is 9.86. The van der Waals surface area contributed by atoms with Crippen molar-refractivity contribution in [1.82, 2.24) is 0 Å². The second kappa shape index (κ2) is 8.90. The van der Waals surface area contributed by atoms with Crippen LogP contribution in [0.15, 0.2) is 0 Å². The maximum Gasteiger partial charge on any atom is -0.0309 e. The average molecular weight is 443 g/mol. The van der Waals surface area contributed by atoms with Crippen LogP contribution in [0.5, 0.6) is 0 Å². The molecule has 6 aliphatic carbocycles. The second-order valence-electron chi connectivity index (χ2n) is 16.5. The predicted octanol–water partition coefficient (Wildman–Crippen LogP) is 10.0. The van der Waals surface area contributed by atoms with E-state index in [1.807, 2.05) is 0 Å². The Morgan fingerprint density at radius 3 is 1.16 bits per heavy atom. The molecule has 0 heteroatoms. The zero-order valence-corrected chi connectivity index (χ0v) is 23.5. The largest absolute Gasteiger partial charge is 0.0599 e. The Kier molecular flexibility index (Phi) is 6.98. The van der Waals surface area contributed by atoms with Crippen molar-refractivity contribution in [3.05, 3.63) is 0 Å². The van der Waals surface area contributed by atoms with Crippen molar-refractivity contribution in [2.75, 3.05) is 0 Å². The summed E-state index contributed by atoms with van der Waals surface area (Å²) in [4.78, 5) is 0. The molecular weight excluding hydrogens is 384 g/mol. The predicted molar refractivity (Wildman–Crippen MR) is 141 cm³/mol. The first-order chi connectivity index (χ1) is 14.7. The van der Waals surface area contributed by atoms with E-state index in [1.54, 1.807) is 12.8 Å². The van der Waals surface area contributed by atoms with Crippen LogP contribution < -0.4 is 0 Å². The topological polar surface area (TPSA) is 0 Å². The first kappa shape index (κ1) is 25.1. The highest BCUT2D eigenvalue weighted by Gasteiger charge is 2.49. The molecule has 0 amide bonds. The summed E-state index contributed by atoms with van der Waals surface area (Å²) in [6, 6.07) is 0. The summed E-state index contributed by atoms with van der Waals surface area (Å²) in [5.41, 5.74) is 1.76. The van der Waals surface area contributed by atoms with Gasteiger partial charge in [-0.2, -0.15) is 0 Å². The minimum atomic E-state index is 0.583. The van der Waals surface area contributed by atoms with Gasteiger partial charge < -0.3 is 0 Å². The van der Waals surface area contributed by atoms with Gasteiger partial charge in [-0.05, 0) is 134 Å². The van der Waals surface area contributed by atoms with Gasteiger partial charge in [-0.1, -0.05) is 68.7 Å². The lowest BCUT2D eigenvalue weighted by Gasteiger charge is -2.34. The average Bonchev–Trinajstić information content (AvgIpc) is 3.29. The van der Waals surface area contributed by atoms with Crippen LogP contribution in [-0.4, -0.2) is 0 Å². The maximum atomic E-state index is 2.42. The third kappa shape index (κ3) is 5.62. The molecule has 0 heterocycles. The minimum absolute atomic E-state index is 0.583. The van der Waals surface area contributed by atoms with Crippen molar-refractivity contribution < 1.29 is 0 Å². The molecule has 32 heavy (non-hydrogen) atoms. The van der Waals surface area contributed by atoms with E-state index < -0.39 is 0 Å². The van der Waals surface area contributed by atoms with Crippen LogP contribution in [0.2, 0.25) is 0 Å². The van der Waals surface area contributed by atoms with E-state index in [4.69, 9.17) is 0 Å². The van der Waals surface area contributed by atoms with Crippen LogP contribution in [0, 0.1) is 69.5 Å². The van der Waals surface area contributed by atoms with E-state index in [0.29, 0.717) is 16.2 Å². The van der Waals surface area contributed by atoms with Crippen molar-refractivity contribution >= 4 is 0 Å². The first-order valence-corrected chi connectivity index (χ1v) is 14.7. The molecule has 4 bridgehead atoms. The Bertz CT molecular complexity index is 592. The molecule has 0 aromatic rings. The van der Waals surface area contributed by atoms with Crippen molar-refractivity contribution in [3.8, 4) is 0 Å². The number of hydrogen-bond donors (Lipinski definition) is 0. The first-order valence-electron chi connectivity index (χ1n) is 14.7. The van der Waals surface area contributed by atoms with E-state index in [1.165, 1.54) is 57.8 Å². The lowest BCUT2D eigenvalue weighted by atomic mass is 9.72. The van der Waals surface area contributed by atoms with Crippen LogP contribution >= 0.6 is 0 Å². The molecule has 6 fully saturated rings. The SMILES string of the molecule is CC(C)(C)C1C2CCC1CC2.CC(C)(C)C1CC2CC2C1.CC(C)(C)C1CC2CCC1C2. The van der Waals surface area contributed by atoms with Crippen molar-refractivity contribution in [2.24, 2.45) is 69.5 Å². The molecule has 5 unspecified atom stereocenters. The number of fused-ring (bicyclic) bond motifs is 5. The molecule has 186 valence electrons.